The van der Waals surface area contributed by atoms with Crippen molar-refractivity contribution >= 4 is 10.0 Å². The van der Waals surface area contributed by atoms with Crippen LogP contribution in [-0.2, 0) is 16.6 Å². The largest absolute Gasteiger partial charge is 0.425 e. The maximum absolute atomic E-state index is 12.2. The highest BCUT2D eigenvalue weighted by molar-refractivity contribution is 7.89. The Morgan fingerprint density at radius 1 is 1.19 bits per heavy atom. The summed E-state index contributed by atoms with van der Waals surface area (Å²) in [5.74, 6) is 1.39. The second kappa shape index (κ2) is 6.44. The van der Waals surface area contributed by atoms with Crippen LogP contribution in [0.15, 0.2) is 34.7 Å². The van der Waals surface area contributed by atoms with Gasteiger partial charge >= 0.3 is 0 Å². The smallest absolute Gasteiger partial charge is 0.221 e. The van der Waals surface area contributed by atoms with Gasteiger partial charge in [0.15, 0.2) is 0 Å². The van der Waals surface area contributed by atoms with E-state index < -0.39 is 10.0 Å². The van der Waals surface area contributed by atoms with Gasteiger partial charge in [-0.25, -0.2) is 12.7 Å². The zero-order chi connectivity index (χ0) is 18.4. The molecule has 2 fully saturated rings. The van der Waals surface area contributed by atoms with Crippen LogP contribution in [0.3, 0.4) is 0 Å². The molecule has 2 saturated heterocycles. The minimum atomic E-state index is -3.15. The van der Waals surface area contributed by atoms with Gasteiger partial charge in [-0.05, 0) is 12.5 Å². The van der Waals surface area contributed by atoms with Crippen molar-refractivity contribution in [1.29, 1.82) is 0 Å². The van der Waals surface area contributed by atoms with Crippen molar-refractivity contribution in [2.75, 3.05) is 31.9 Å². The highest BCUT2D eigenvalue weighted by Gasteiger charge is 2.58. The van der Waals surface area contributed by atoms with Crippen molar-refractivity contribution < 1.29 is 12.8 Å². The van der Waals surface area contributed by atoms with Gasteiger partial charge in [-0.1, -0.05) is 30.3 Å². The van der Waals surface area contributed by atoms with Crippen LogP contribution < -0.4 is 0 Å². The Morgan fingerprint density at radius 3 is 2.54 bits per heavy atom. The van der Waals surface area contributed by atoms with Gasteiger partial charge in [0.05, 0.1) is 11.7 Å². The third-order valence-corrected chi connectivity index (χ3v) is 7.32. The Labute approximate surface area is 154 Å². The molecular weight excluding hydrogens is 352 g/mol. The van der Waals surface area contributed by atoms with Gasteiger partial charge in [0.2, 0.25) is 21.8 Å². The van der Waals surface area contributed by atoms with Gasteiger partial charge in [0, 0.05) is 45.1 Å². The summed E-state index contributed by atoms with van der Waals surface area (Å²) in [6, 6.07) is 10.3. The van der Waals surface area contributed by atoms with Crippen LogP contribution in [0.2, 0.25) is 0 Å². The van der Waals surface area contributed by atoms with E-state index in [1.807, 2.05) is 18.2 Å². The van der Waals surface area contributed by atoms with Gasteiger partial charge in [-0.2, -0.15) is 0 Å². The van der Waals surface area contributed by atoms with Crippen LogP contribution in [0.1, 0.15) is 30.2 Å². The molecule has 2 aliphatic heterocycles. The Morgan fingerprint density at radius 2 is 1.92 bits per heavy atom. The normalized spacial score (nSPS) is 23.4. The van der Waals surface area contributed by atoms with E-state index in [0.717, 1.165) is 19.6 Å². The van der Waals surface area contributed by atoms with E-state index >= 15 is 0 Å². The van der Waals surface area contributed by atoms with Crippen molar-refractivity contribution in [3.63, 3.8) is 0 Å². The summed E-state index contributed by atoms with van der Waals surface area (Å²) < 4.78 is 31.7. The lowest BCUT2D eigenvalue weighted by Gasteiger charge is -2.49. The molecule has 0 N–H and O–H groups in total. The summed E-state index contributed by atoms with van der Waals surface area (Å²) in [5.41, 5.74) is 1.11. The van der Waals surface area contributed by atoms with Crippen molar-refractivity contribution in [3.8, 4) is 0 Å². The Kier molecular flexibility index (Phi) is 4.37. The number of likely N-dealkylation sites (tertiary alicyclic amines) is 1. The van der Waals surface area contributed by atoms with E-state index in [4.69, 9.17) is 4.42 Å². The summed E-state index contributed by atoms with van der Waals surface area (Å²) in [6.07, 6.45) is 0. The number of nitrogens with zero attached hydrogens (tertiary/aromatic N) is 4. The molecule has 7 nitrogen and oxygen atoms in total. The van der Waals surface area contributed by atoms with E-state index in [9.17, 15) is 8.42 Å². The van der Waals surface area contributed by atoms with E-state index in [2.05, 4.69) is 27.2 Å². The molecule has 4 rings (SSSR count). The van der Waals surface area contributed by atoms with Crippen molar-refractivity contribution in [2.45, 2.75) is 26.3 Å². The first-order valence-corrected chi connectivity index (χ1v) is 10.6. The zero-order valence-corrected chi connectivity index (χ0v) is 15.9. The first kappa shape index (κ1) is 17.6. The molecule has 0 amide bonds. The van der Waals surface area contributed by atoms with Gasteiger partial charge in [-0.3, -0.25) is 4.90 Å². The van der Waals surface area contributed by atoms with Crippen LogP contribution in [0.25, 0.3) is 0 Å². The molecule has 1 aromatic heterocycles. The molecular formula is C18H24N4O3S. The third-order valence-electron chi connectivity index (χ3n) is 5.55. The van der Waals surface area contributed by atoms with Crippen LogP contribution in [0.5, 0.6) is 0 Å². The number of hydrogen-bond acceptors (Lipinski definition) is 6. The second-order valence-electron chi connectivity index (χ2n) is 7.40. The molecule has 1 aromatic carbocycles. The highest BCUT2D eigenvalue weighted by Crippen LogP contribution is 2.49. The molecule has 1 spiro atoms. The van der Waals surface area contributed by atoms with Crippen LogP contribution >= 0.6 is 0 Å². The van der Waals surface area contributed by atoms with E-state index in [1.165, 1.54) is 5.56 Å². The fourth-order valence-electron chi connectivity index (χ4n) is 4.18. The standard InChI is InChI=1S/C18H24N4O3S/c1-3-26(23,24)22-12-18(13-22)11-21(9-15-7-5-4-6-8-15)10-16(18)17-20-19-14(2)25-17/h4-8,16H,3,9-13H2,1-2H3. The Hall–Kier alpha value is -1.77. The summed E-state index contributed by atoms with van der Waals surface area (Å²) in [6.45, 7) is 7.01. The first-order chi connectivity index (χ1) is 12.4. The van der Waals surface area contributed by atoms with Gasteiger partial charge in [0.25, 0.3) is 0 Å². The van der Waals surface area contributed by atoms with E-state index in [1.54, 1.807) is 18.2 Å². The predicted octanol–water partition coefficient (Wildman–Crippen LogP) is 1.63. The van der Waals surface area contributed by atoms with Crippen molar-refractivity contribution in [1.82, 2.24) is 19.4 Å². The lowest BCUT2D eigenvalue weighted by Crippen LogP contribution is -2.61. The maximum atomic E-state index is 12.2. The number of benzene rings is 1. The quantitative estimate of drug-likeness (QED) is 0.789. The molecule has 3 heterocycles. The fraction of sp³-hybridized carbons (Fsp3) is 0.556. The monoisotopic (exact) mass is 376 g/mol. The highest BCUT2D eigenvalue weighted by atomic mass is 32.2. The molecule has 0 radical (unpaired) electrons. The maximum Gasteiger partial charge on any atom is 0.221 e. The fourth-order valence-corrected chi connectivity index (χ4v) is 5.46. The van der Waals surface area contributed by atoms with Crippen LogP contribution in [-0.4, -0.2) is 59.8 Å². The average molecular weight is 376 g/mol. The van der Waals surface area contributed by atoms with Crippen molar-refractivity contribution in [3.05, 3.63) is 47.7 Å². The molecule has 1 unspecified atom stereocenters. The molecule has 0 aliphatic carbocycles. The lowest BCUT2D eigenvalue weighted by molar-refractivity contribution is 0.0557. The molecule has 0 bridgehead atoms. The van der Waals surface area contributed by atoms with Gasteiger partial charge < -0.3 is 4.42 Å². The first-order valence-electron chi connectivity index (χ1n) is 8.96. The second-order valence-corrected chi connectivity index (χ2v) is 9.66. The molecule has 140 valence electrons. The van der Waals surface area contributed by atoms with E-state index in [0.29, 0.717) is 24.9 Å². The average Bonchev–Trinajstić information content (AvgIpc) is 3.18. The summed E-state index contributed by atoms with van der Waals surface area (Å²) in [5, 5.41) is 8.22. The number of aryl methyl sites for hydroxylation is 1. The minimum absolute atomic E-state index is 0.0655. The predicted molar refractivity (Wildman–Crippen MR) is 97.0 cm³/mol. The Balaban J connectivity index is 1.56. The minimum Gasteiger partial charge on any atom is -0.425 e. The molecule has 8 heteroatoms. The summed E-state index contributed by atoms with van der Waals surface area (Å²) in [4.78, 5) is 2.37. The third kappa shape index (κ3) is 3.06. The molecule has 2 aromatic rings. The van der Waals surface area contributed by atoms with Crippen molar-refractivity contribution in [2.24, 2.45) is 5.41 Å². The van der Waals surface area contributed by atoms with Crippen LogP contribution in [0, 0.1) is 12.3 Å². The Bertz CT molecular complexity index is 875. The zero-order valence-electron chi connectivity index (χ0n) is 15.1. The SMILES string of the molecule is CCS(=O)(=O)N1CC2(CN(Cc3ccccc3)CC2c2nnc(C)o2)C1. The number of sulfonamides is 1. The number of hydrogen-bond donors (Lipinski definition) is 0. The molecule has 1 atom stereocenters. The van der Waals surface area contributed by atoms with Crippen LogP contribution in [0.4, 0.5) is 0 Å². The van der Waals surface area contributed by atoms with E-state index in [-0.39, 0.29) is 17.1 Å². The molecule has 0 saturated carbocycles. The number of rotatable bonds is 5. The summed E-state index contributed by atoms with van der Waals surface area (Å²) >= 11 is 0. The topological polar surface area (TPSA) is 79.5 Å². The van der Waals surface area contributed by atoms with Gasteiger partial charge in [0.1, 0.15) is 0 Å². The molecule has 2 aliphatic rings. The molecule has 26 heavy (non-hydrogen) atoms. The van der Waals surface area contributed by atoms with Gasteiger partial charge in [-0.15, -0.1) is 10.2 Å². The number of aromatic nitrogens is 2. The lowest BCUT2D eigenvalue weighted by atomic mass is 9.73. The summed E-state index contributed by atoms with van der Waals surface area (Å²) in [7, 11) is -3.15.